The summed E-state index contributed by atoms with van der Waals surface area (Å²) in [7, 11) is 0. The molecular weight excluding hydrogens is 178 g/mol. The highest BCUT2D eigenvalue weighted by molar-refractivity contribution is 5.69. The number of nitrogens with zero attached hydrogens (tertiary/aromatic N) is 1. The Hall–Kier alpha value is -0.730. The standard InChI is InChI=1S/C11H19NO2/c1-3-14-11(13)12-9-4-5-10(12)7-8(2)6-9/h8-10H,3-7H2,1-2H3. The molecule has 3 heteroatoms. The van der Waals surface area contributed by atoms with E-state index in [0.29, 0.717) is 18.7 Å². The van der Waals surface area contributed by atoms with Gasteiger partial charge >= 0.3 is 6.09 Å². The van der Waals surface area contributed by atoms with Crippen molar-refractivity contribution < 1.29 is 9.53 Å². The molecule has 2 rings (SSSR count). The highest BCUT2D eigenvalue weighted by atomic mass is 16.6. The van der Waals surface area contributed by atoms with Crippen LogP contribution < -0.4 is 0 Å². The van der Waals surface area contributed by atoms with E-state index in [1.54, 1.807) is 0 Å². The minimum atomic E-state index is -0.0908. The van der Waals surface area contributed by atoms with Gasteiger partial charge in [-0.1, -0.05) is 6.92 Å². The number of amides is 1. The van der Waals surface area contributed by atoms with Crippen LogP contribution in [0.2, 0.25) is 0 Å². The highest BCUT2D eigenvalue weighted by Gasteiger charge is 2.42. The molecule has 80 valence electrons. The molecule has 2 heterocycles. The van der Waals surface area contributed by atoms with Crippen LogP contribution in [0.4, 0.5) is 4.79 Å². The average Bonchev–Trinajstić information content (AvgIpc) is 2.39. The van der Waals surface area contributed by atoms with Gasteiger partial charge in [0, 0.05) is 12.1 Å². The van der Waals surface area contributed by atoms with Crippen LogP contribution >= 0.6 is 0 Å². The maximum Gasteiger partial charge on any atom is 0.410 e. The van der Waals surface area contributed by atoms with E-state index >= 15 is 0 Å². The Bertz CT molecular complexity index is 215. The molecule has 2 unspecified atom stereocenters. The van der Waals surface area contributed by atoms with Gasteiger partial charge in [-0.15, -0.1) is 0 Å². The van der Waals surface area contributed by atoms with Crippen molar-refractivity contribution in [1.82, 2.24) is 4.90 Å². The van der Waals surface area contributed by atoms with Gasteiger partial charge in [-0.05, 0) is 38.5 Å². The molecule has 0 aromatic rings. The van der Waals surface area contributed by atoms with E-state index in [-0.39, 0.29) is 6.09 Å². The first-order valence-electron chi connectivity index (χ1n) is 5.67. The topological polar surface area (TPSA) is 29.5 Å². The van der Waals surface area contributed by atoms with Gasteiger partial charge in [0.05, 0.1) is 6.61 Å². The lowest BCUT2D eigenvalue weighted by Crippen LogP contribution is -2.46. The van der Waals surface area contributed by atoms with Crippen LogP contribution in [0.1, 0.15) is 39.5 Å². The van der Waals surface area contributed by atoms with Crippen molar-refractivity contribution in [3.05, 3.63) is 0 Å². The zero-order chi connectivity index (χ0) is 10.1. The SMILES string of the molecule is CCOC(=O)N1C2CCC1CC(C)C2. The third-order valence-corrected chi connectivity index (χ3v) is 3.45. The molecule has 0 aliphatic carbocycles. The van der Waals surface area contributed by atoms with Gasteiger partial charge in [-0.3, -0.25) is 0 Å². The molecule has 2 aliphatic rings. The lowest BCUT2D eigenvalue weighted by molar-refractivity contribution is 0.0629. The lowest BCUT2D eigenvalue weighted by Gasteiger charge is -2.36. The molecule has 1 amide bonds. The van der Waals surface area contributed by atoms with E-state index in [2.05, 4.69) is 6.92 Å². The van der Waals surface area contributed by atoms with Gasteiger partial charge in [0.2, 0.25) is 0 Å². The predicted molar refractivity (Wildman–Crippen MR) is 54.1 cm³/mol. The Morgan fingerprint density at radius 3 is 2.43 bits per heavy atom. The maximum atomic E-state index is 11.7. The highest BCUT2D eigenvalue weighted by Crippen LogP contribution is 2.38. The molecule has 2 saturated heterocycles. The molecule has 2 atom stereocenters. The summed E-state index contributed by atoms with van der Waals surface area (Å²) >= 11 is 0. The summed E-state index contributed by atoms with van der Waals surface area (Å²) in [5.41, 5.74) is 0. The fraction of sp³-hybridized carbons (Fsp3) is 0.909. The van der Waals surface area contributed by atoms with E-state index in [0.717, 1.165) is 18.8 Å². The summed E-state index contributed by atoms with van der Waals surface area (Å²) in [6.45, 7) is 4.64. The summed E-state index contributed by atoms with van der Waals surface area (Å²) < 4.78 is 5.08. The van der Waals surface area contributed by atoms with Crippen LogP contribution in [0.15, 0.2) is 0 Å². The normalized spacial score (nSPS) is 35.9. The first-order chi connectivity index (χ1) is 6.72. The molecule has 3 nitrogen and oxygen atoms in total. The largest absolute Gasteiger partial charge is 0.450 e. The number of carbonyl (C=O) groups is 1. The van der Waals surface area contributed by atoms with Crippen molar-refractivity contribution in [3.8, 4) is 0 Å². The number of hydrogen-bond acceptors (Lipinski definition) is 2. The Morgan fingerprint density at radius 1 is 1.36 bits per heavy atom. The number of carbonyl (C=O) groups excluding carboxylic acids is 1. The van der Waals surface area contributed by atoms with Gasteiger partial charge in [0.15, 0.2) is 0 Å². The Kier molecular flexibility index (Phi) is 2.66. The fourth-order valence-corrected chi connectivity index (χ4v) is 2.95. The summed E-state index contributed by atoms with van der Waals surface area (Å²) in [6, 6.07) is 0.922. The van der Waals surface area contributed by atoms with Crippen LogP contribution in [-0.2, 0) is 4.74 Å². The first kappa shape index (κ1) is 9.81. The fourth-order valence-electron chi connectivity index (χ4n) is 2.95. The molecule has 2 bridgehead atoms. The van der Waals surface area contributed by atoms with Crippen LogP contribution in [0, 0.1) is 5.92 Å². The lowest BCUT2D eigenvalue weighted by atomic mass is 9.93. The third-order valence-electron chi connectivity index (χ3n) is 3.45. The summed E-state index contributed by atoms with van der Waals surface area (Å²) in [4.78, 5) is 13.7. The molecule has 0 N–H and O–H groups in total. The average molecular weight is 197 g/mol. The van der Waals surface area contributed by atoms with E-state index in [9.17, 15) is 4.79 Å². The molecule has 0 aromatic carbocycles. The van der Waals surface area contributed by atoms with Crippen molar-refractivity contribution in [2.75, 3.05) is 6.61 Å². The summed E-state index contributed by atoms with van der Waals surface area (Å²) in [5.74, 6) is 0.776. The second kappa shape index (κ2) is 3.79. The van der Waals surface area contributed by atoms with Gasteiger partial charge in [0.25, 0.3) is 0 Å². The van der Waals surface area contributed by atoms with Crippen LogP contribution in [0.25, 0.3) is 0 Å². The second-order valence-corrected chi connectivity index (χ2v) is 4.57. The number of hydrogen-bond donors (Lipinski definition) is 0. The van der Waals surface area contributed by atoms with Gasteiger partial charge in [-0.2, -0.15) is 0 Å². The molecular formula is C11H19NO2. The van der Waals surface area contributed by atoms with Gasteiger partial charge < -0.3 is 9.64 Å². The molecule has 2 fully saturated rings. The molecule has 14 heavy (non-hydrogen) atoms. The van der Waals surface area contributed by atoms with Crippen LogP contribution in [0.5, 0.6) is 0 Å². The zero-order valence-electron chi connectivity index (χ0n) is 9.03. The van der Waals surface area contributed by atoms with E-state index in [4.69, 9.17) is 4.74 Å². The zero-order valence-corrected chi connectivity index (χ0v) is 9.03. The van der Waals surface area contributed by atoms with Crippen molar-refractivity contribution in [2.45, 2.75) is 51.6 Å². The first-order valence-corrected chi connectivity index (χ1v) is 5.67. The van der Waals surface area contributed by atoms with Crippen molar-refractivity contribution >= 4 is 6.09 Å². The van der Waals surface area contributed by atoms with Gasteiger partial charge in [0.1, 0.15) is 0 Å². The Morgan fingerprint density at radius 2 is 1.93 bits per heavy atom. The quantitative estimate of drug-likeness (QED) is 0.646. The minimum Gasteiger partial charge on any atom is -0.450 e. The van der Waals surface area contributed by atoms with Crippen LogP contribution in [-0.4, -0.2) is 29.7 Å². The molecule has 0 saturated carbocycles. The van der Waals surface area contributed by atoms with Crippen molar-refractivity contribution in [3.63, 3.8) is 0 Å². The number of piperidine rings is 1. The molecule has 0 spiro atoms. The number of fused-ring (bicyclic) bond motifs is 2. The van der Waals surface area contributed by atoms with E-state index in [1.165, 1.54) is 12.8 Å². The molecule has 0 aromatic heterocycles. The molecule has 2 aliphatic heterocycles. The van der Waals surface area contributed by atoms with Gasteiger partial charge in [-0.25, -0.2) is 4.79 Å². The van der Waals surface area contributed by atoms with Crippen molar-refractivity contribution in [2.24, 2.45) is 5.92 Å². The summed E-state index contributed by atoms with van der Waals surface area (Å²) in [6.07, 6.45) is 4.58. The van der Waals surface area contributed by atoms with Crippen LogP contribution in [0.3, 0.4) is 0 Å². The van der Waals surface area contributed by atoms with E-state index in [1.807, 2.05) is 11.8 Å². The Labute approximate surface area is 85.4 Å². The summed E-state index contributed by atoms with van der Waals surface area (Å²) in [5, 5.41) is 0. The maximum absolute atomic E-state index is 11.7. The van der Waals surface area contributed by atoms with E-state index < -0.39 is 0 Å². The second-order valence-electron chi connectivity index (χ2n) is 4.57. The molecule has 0 radical (unpaired) electrons. The third kappa shape index (κ3) is 1.60. The number of ether oxygens (including phenoxy) is 1. The van der Waals surface area contributed by atoms with Crippen molar-refractivity contribution in [1.29, 1.82) is 0 Å². The Balaban J connectivity index is 2.03. The predicted octanol–water partition coefficient (Wildman–Crippen LogP) is 2.41. The minimum absolute atomic E-state index is 0.0908. The monoisotopic (exact) mass is 197 g/mol. The smallest absolute Gasteiger partial charge is 0.410 e. The number of rotatable bonds is 1.